The summed E-state index contributed by atoms with van der Waals surface area (Å²) in [4.78, 5) is 26.7. The summed E-state index contributed by atoms with van der Waals surface area (Å²) in [6.07, 6.45) is 0.347. The van der Waals surface area contributed by atoms with Gasteiger partial charge < -0.3 is 14.2 Å². The molecule has 0 amide bonds. The van der Waals surface area contributed by atoms with Crippen LogP contribution in [0.5, 0.6) is 0 Å². The maximum Gasteiger partial charge on any atom is 0.419 e. The summed E-state index contributed by atoms with van der Waals surface area (Å²) in [5.74, 6) is -0.880. The van der Waals surface area contributed by atoms with Gasteiger partial charge in [0.2, 0.25) is 10.0 Å². The molecular formula is C26H37IN2O7S. The van der Waals surface area contributed by atoms with Gasteiger partial charge in [-0.05, 0) is 64.5 Å². The Morgan fingerprint density at radius 3 is 2.11 bits per heavy atom. The molecule has 1 fully saturated rings. The second kappa shape index (κ2) is 11.6. The number of sulfonamides is 1. The van der Waals surface area contributed by atoms with Gasteiger partial charge >= 0.3 is 12.1 Å². The van der Waals surface area contributed by atoms with Crippen molar-refractivity contribution < 1.29 is 32.2 Å². The van der Waals surface area contributed by atoms with E-state index in [9.17, 15) is 18.0 Å². The van der Waals surface area contributed by atoms with Crippen molar-refractivity contribution in [1.29, 1.82) is 0 Å². The first-order valence-corrected chi connectivity index (χ1v) is 14.9. The molecule has 0 spiro atoms. The highest BCUT2D eigenvalue weighted by Crippen LogP contribution is 2.35. The van der Waals surface area contributed by atoms with Crippen molar-refractivity contribution in [2.45, 2.75) is 59.3 Å². The van der Waals surface area contributed by atoms with Crippen LogP contribution in [0.25, 0.3) is 10.9 Å². The third-order valence-corrected chi connectivity index (χ3v) is 8.63. The summed E-state index contributed by atoms with van der Waals surface area (Å²) < 4.78 is 47.4. The fourth-order valence-electron chi connectivity index (χ4n) is 3.81. The van der Waals surface area contributed by atoms with E-state index < -0.39 is 22.1 Å². The Morgan fingerprint density at radius 1 is 0.973 bits per heavy atom. The zero-order valence-electron chi connectivity index (χ0n) is 22.4. The van der Waals surface area contributed by atoms with E-state index in [1.165, 1.54) is 4.31 Å². The molecular weight excluding hydrogens is 611 g/mol. The SMILES string of the molecule is CC(C)(C)CCOC(=O)c1c(S(=O)(=O)N2CCOCC2)c2cc(I)ccc2n1C(=O)OCCC(C)(C)C. The van der Waals surface area contributed by atoms with Crippen LogP contribution >= 0.6 is 22.6 Å². The molecule has 0 aliphatic carbocycles. The average molecular weight is 649 g/mol. The minimum atomic E-state index is -4.17. The van der Waals surface area contributed by atoms with Gasteiger partial charge in [0.25, 0.3) is 0 Å². The predicted octanol–water partition coefficient (Wildman–Crippen LogP) is 5.28. The third kappa shape index (κ3) is 7.45. The number of ether oxygens (including phenoxy) is 3. The molecule has 11 heteroatoms. The second-order valence-corrected chi connectivity index (χ2v) is 14.7. The largest absolute Gasteiger partial charge is 0.461 e. The fraction of sp³-hybridized carbons (Fsp3) is 0.615. The first-order valence-electron chi connectivity index (χ1n) is 12.4. The van der Waals surface area contributed by atoms with E-state index in [0.29, 0.717) is 12.8 Å². The van der Waals surface area contributed by atoms with Gasteiger partial charge in [-0.15, -0.1) is 0 Å². The van der Waals surface area contributed by atoms with E-state index in [-0.39, 0.29) is 71.8 Å². The number of rotatable bonds is 7. The maximum atomic E-state index is 13.9. The first kappa shape index (κ1) is 29.9. The van der Waals surface area contributed by atoms with E-state index >= 15 is 0 Å². The Hall–Kier alpha value is -1.70. The topological polar surface area (TPSA) is 104 Å². The Labute approximate surface area is 233 Å². The molecule has 0 atom stereocenters. The number of benzene rings is 1. The van der Waals surface area contributed by atoms with Gasteiger partial charge in [-0.2, -0.15) is 4.31 Å². The fourth-order valence-corrected chi connectivity index (χ4v) is 6.05. The highest BCUT2D eigenvalue weighted by atomic mass is 127. The minimum absolute atomic E-state index is 0.0747. The highest BCUT2D eigenvalue weighted by molar-refractivity contribution is 14.1. The van der Waals surface area contributed by atoms with Gasteiger partial charge in [-0.3, -0.25) is 0 Å². The van der Waals surface area contributed by atoms with Crippen molar-refractivity contribution in [2.24, 2.45) is 10.8 Å². The number of carbonyl (C=O) groups excluding carboxylic acids is 2. The van der Waals surface area contributed by atoms with Crippen LogP contribution < -0.4 is 0 Å². The number of nitrogens with zero attached hydrogens (tertiary/aromatic N) is 2. The van der Waals surface area contributed by atoms with Crippen molar-refractivity contribution in [1.82, 2.24) is 8.87 Å². The Bertz CT molecular complexity index is 1250. The molecule has 1 aromatic heterocycles. The number of halogens is 1. The lowest BCUT2D eigenvalue weighted by Crippen LogP contribution is -2.41. The van der Waals surface area contributed by atoms with Crippen LogP contribution in [0.1, 0.15) is 64.9 Å². The van der Waals surface area contributed by atoms with Crippen molar-refractivity contribution in [3.8, 4) is 0 Å². The summed E-state index contributed by atoms with van der Waals surface area (Å²) in [5, 5.41) is 0.272. The van der Waals surface area contributed by atoms with Crippen molar-refractivity contribution in [3.05, 3.63) is 27.5 Å². The minimum Gasteiger partial charge on any atom is -0.461 e. The van der Waals surface area contributed by atoms with Gasteiger partial charge in [-0.25, -0.2) is 22.6 Å². The normalized spacial score (nSPS) is 15.6. The van der Waals surface area contributed by atoms with Gasteiger partial charge in [0.15, 0.2) is 5.69 Å². The van der Waals surface area contributed by atoms with Gasteiger partial charge in [-0.1, -0.05) is 41.5 Å². The second-order valence-electron chi connectivity index (χ2n) is 11.6. The molecule has 206 valence electrons. The molecule has 9 nitrogen and oxygen atoms in total. The lowest BCUT2D eigenvalue weighted by molar-refractivity contribution is 0.0444. The van der Waals surface area contributed by atoms with E-state index in [0.717, 1.165) is 8.14 Å². The summed E-state index contributed by atoms with van der Waals surface area (Å²) in [7, 11) is -4.17. The molecule has 1 aromatic carbocycles. The molecule has 1 aliphatic heterocycles. The first-order chi connectivity index (χ1) is 17.1. The van der Waals surface area contributed by atoms with Crippen molar-refractivity contribution >= 4 is 55.6 Å². The lowest BCUT2D eigenvalue weighted by atomic mass is 9.93. The zero-order chi connectivity index (χ0) is 27.6. The molecule has 3 rings (SSSR count). The molecule has 0 bridgehead atoms. The van der Waals surface area contributed by atoms with Crippen LogP contribution in [0.2, 0.25) is 0 Å². The van der Waals surface area contributed by atoms with Crippen LogP contribution in [0.3, 0.4) is 0 Å². The average Bonchev–Trinajstić information content (AvgIpc) is 3.13. The molecule has 0 saturated carbocycles. The van der Waals surface area contributed by atoms with E-state index in [1.807, 2.05) is 41.5 Å². The summed E-state index contributed by atoms with van der Waals surface area (Å²) in [6, 6.07) is 5.04. The number of fused-ring (bicyclic) bond motifs is 1. The maximum absolute atomic E-state index is 13.9. The van der Waals surface area contributed by atoms with E-state index in [2.05, 4.69) is 22.6 Å². The quantitative estimate of drug-likeness (QED) is 0.297. The lowest BCUT2D eigenvalue weighted by Gasteiger charge is -2.26. The summed E-state index contributed by atoms with van der Waals surface area (Å²) in [6.45, 7) is 13.1. The highest BCUT2D eigenvalue weighted by Gasteiger charge is 2.38. The van der Waals surface area contributed by atoms with Crippen LogP contribution in [0.15, 0.2) is 23.1 Å². The molecule has 2 aromatic rings. The number of hydrogen-bond donors (Lipinski definition) is 0. The molecule has 0 radical (unpaired) electrons. The number of hydrogen-bond acceptors (Lipinski definition) is 7. The molecule has 37 heavy (non-hydrogen) atoms. The summed E-state index contributed by atoms with van der Waals surface area (Å²) >= 11 is 2.08. The Balaban J connectivity index is 2.17. The predicted molar refractivity (Wildman–Crippen MR) is 149 cm³/mol. The molecule has 0 unspecified atom stereocenters. The third-order valence-electron chi connectivity index (χ3n) is 5.99. The molecule has 0 N–H and O–H groups in total. The number of aromatic nitrogens is 1. The monoisotopic (exact) mass is 648 g/mol. The van der Waals surface area contributed by atoms with Crippen molar-refractivity contribution in [3.63, 3.8) is 0 Å². The Kier molecular flexibility index (Phi) is 9.35. The number of esters is 1. The number of morpholine rings is 1. The number of carbonyl (C=O) groups is 2. The smallest absolute Gasteiger partial charge is 0.419 e. The molecule has 1 saturated heterocycles. The van der Waals surface area contributed by atoms with Gasteiger partial charge in [0, 0.05) is 22.0 Å². The van der Waals surface area contributed by atoms with E-state index in [1.54, 1.807) is 18.2 Å². The molecule has 2 heterocycles. The molecule has 1 aliphatic rings. The Morgan fingerprint density at radius 2 is 1.54 bits per heavy atom. The van der Waals surface area contributed by atoms with Crippen molar-refractivity contribution in [2.75, 3.05) is 39.5 Å². The van der Waals surface area contributed by atoms with Crippen LogP contribution in [-0.2, 0) is 24.2 Å². The standard InChI is InChI=1S/C26H37IN2O7S/c1-25(2,3)9-13-35-23(30)21-22(37(32,33)28-11-15-34-16-12-28)19-17-18(27)7-8-20(19)29(21)24(31)36-14-10-26(4,5)6/h7-8,17H,9-16H2,1-6H3. The van der Waals surface area contributed by atoms with E-state index in [4.69, 9.17) is 14.2 Å². The zero-order valence-corrected chi connectivity index (χ0v) is 25.4. The van der Waals surface area contributed by atoms with Gasteiger partial charge in [0.05, 0.1) is 31.9 Å². The van der Waals surface area contributed by atoms with Crippen LogP contribution in [-0.4, -0.2) is 68.9 Å². The van der Waals surface area contributed by atoms with Crippen LogP contribution in [0.4, 0.5) is 4.79 Å². The summed E-state index contributed by atoms with van der Waals surface area (Å²) in [5.41, 5.74) is -0.235. The van der Waals surface area contributed by atoms with Gasteiger partial charge in [0.1, 0.15) is 4.90 Å². The van der Waals surface area contributed by atoms with Crippen LogP contribution in [0, 0.1) is 14.4 Å².